The second kappa shape index (κ2) is 8.38. The van der Waals surface area contributed by atoms with Gasteiger partial charge in [-0.25, -0.2) is 4.68 Å². The summed E-state index contributed by atoms with van der Waals surface area (Å²) in [5.74, 6) is 1.41. The topological polar surface area (TPSA) is 75.2 Å². The summed E-state index contributed by atoms with van der Waals surface area (Å²) >= 11 is 0. The van der Waals surface area contributed by atoms with Crippen LogP contribution in [0.2, 0.25) is 0 Å². The van der Waals surface area contributed by atoms with Crippen LogP contribution in [-0.4, -0.2) is 22.1 Å². The summed E-state index contributed by atoms with van der Waals surface area (Å²) < 4.78 is 13.1. The maximum absolute atomic E-state index is 5.88. The zero-order valence-electron chi connectivity index (χ0n) is 13.3. The van der Waals surface area contributed by atoms with E-state index in [9.17, 15) is 0 Å². The van der Waals surface area contributed by atoms with Crippen molar-refractivity contribution in [2.75, 3.05) is 7.11 Å². The molecule has 0 saturated carbocycles. The van der Waals surface area contributed by atoms with Crippen molar-refractivity contribution in [1.82, 2.24) is 15.0 Å². The molecule has 1 heterocycles. The fourth-order valence-corrected chi connectivity index (χ4v) is 2.26. The molecule has 1 aromatic carbocycles. The molecule has 1 aromatic heterocycles. The average molecular weight is 304 g/mol. The minimum absolute atomic E-state index is 0.360. The number of hydrogen-bond donors (Lipinski definition) is 1. The first-order valence-corrected chi connectivity index (χ1v) is 7.67. The molecule has 0 amide bonds. The fourth-order valence-electron chi connectivity index (χ4n) is 2.26. The zero-order valence-corrected chi connectivity index (χ0v) is 13.3. The van der Waals surface area contributed by atoms with Crippen molar-refractivity contribution in [3.05, 3.63) is 35.7 Å². The van der Waals surface area contributed by atoms with E-state index in [1.165, 1.54) is 12.8 Å². The first-order valence-electron chi connectivity index (χ1n) is 7.67. The minimum atomic E-state index is 0.360. The largest absolute Gasteiger partial charge is 0.493 e. The molecular formula is C16H24N4O2. The van der Waals surface area contributed by atoms with Gasteiger partial charge in [-0.15, -0.1) is 5.10 Å². The summed E-state index contributed by atoms with van der Waals surface area (Å²) in [4.78, 5) is 0. The number of nitrogens with zero attached hydrogens (tertiary/aromatic N) is 3. The fraction of sp³-hybridized carbons (Fsp3) is 0.500. The van der Waals surface area contributed by atoms with Crippen LogP contribution < -0.4 is 15.2 Å². The van der Waals surface area contributed by atoms with Gasteiger partial charge in [0.2, 0.25) is 0 Å². The summed E-state index contributed by atoms with van der Waals surface area (Å²) in [6, 6.07) is 7.58. The number of aromatic nitrogens is 3. The molecule has 0 spiro atoms. The lowest BCUT2D eigenvalue weighted by Gasteiger charge is -2.12. The van der Waals surface area contributed by atoms with E-state index in [0.29, 0.717) is 24.7 Å². The van der Waals surface area contributed by atoms with E-state index in [2.05, 4.69) is 17.2 Å². The highest BCUT2D eigenvalue weighted by Crippen LogP contribution is 2.26. The molecule has 0 aliphatic carbocycles. The lowest BCUT2D eigenvalue weighted by Crippen LogP contribution is -2.11. The van der Waals surface area contributed by atoms with Crippen molar-refractivity contribution in [1.29, 1.82) is 0 Å². The highest BCUT2D eigenvalue weighted by Gasteiger charge is 2.13. The van der Waals surface area contributed by atoms with Crippen LogP contribution in [0.5, 0.6) is 11.5 Å². The van der Waals surface area contributed by atoms with E-state index < -0.39 is 0 Å². The monoisotopic (exact) mass is 304 g/mol. The second-order valence-electron chi connectivity index (χ2n) is 5.06. The normalized spacial score (nSPS) is 10.7. The Balaban J connectivity index is 2.08. The average Bonchev–Trinajstić information content (AvgIpc) is 2.95. The molecule has 0 saturated heterocycles. The third-order valence-corrected chi connectivity index (χ3v) is 3.52. The molecule has 0 radical (unpaired) electrons. The first-order chi connectivity index (χ1) is 10.8. The third kappa shape index (κ3) is 3.98. The van der Waals surface area contributed by atoms with Crippen molar-refractivity contribution in [3.63, 3.8) is 0 Å². The van der Waals surface area contributed by atoms with E-state index in [-0.39, 0.29) is 0 Å². The number of ether oxygens (including phenoxy) is 2. The van der Waals surface area contributed by atoms with Crippen molar-refractivity contribution >= 4 is 0 Å². The molecule has 2 aromatic rings. The van der Waals surface area contributed by atoms with Crippen LogP contribution >= 0.6 is 0 Å². The first kappa shape index (κ1) is 16.3. The Hall–Kier alpha value is -2.08. The molecule has 0 atom stereocenters. The van der Waals surface area contributed by atoms with Gasteiger partial charge in [-0.05, 0) is 18.6 Å². The van der Waals surface area contributed by atoms with Crippen LogP contribution in [-0.2, 0) is 19.7 Å². The van der Waals surface area contributed by atoms with E-state index >= 15 is 0 Å². The Bertz CT molecular complexity index is 583. The van der Waals surface area contributed by atoms with Gasteiger partial charge in [-0.3, -0.25) is 0 Å². The van der Waals surface area contributed by atoms with Gasteiger partial charge >= 0.3 is 0 Å². The number of hydrogen-bond acceptors (Lipinski definition) is 5. The standard InChI is InChI=1S/C16H24N4O2/c1-3-4-7-10-20-14(13(11-17)18-19-20)12-22-16-9-6-5-8-15(16)21-2/h5-6,8-9H,3-4,7,10-12,17H2,1-2H3. The number of unbranched alkanes of at least 4 members (excludes halogenated alkanes) is 2. The molecule has 120 valence electrons. The van der Waals surface area contributed by atoms with Gasteiger partial charge in [0, 0.05) is 13.1 Å². The Morgan fingerprint density at radius 1 is 1.18 bits per heavy atom. The number of rotatable bonds is 9. The third-order valence-electron chi connectivity index (χ3n) is 3.52. The Morgan fingerprint density at radius 3 is 2.64 bits per heavy atom. The molecule has 0 bridgehead atoms. The summed E-state index contributed by atoms with van der Waals surface area (Å²) in [7, 11) is 1.63. The smallest absolute Gasteiger partial charge is 0.161 e. The van der Waals surface area contributed by atoms with Crippen molar-refractivity contribution < 1.29 is 9.47 Å². The predicted molar refractivity (Wildman–Crippen MR) is 84.8 cm³/mol. The summed E-state index contributed by atoms with van der Waals surface area (Å²) in [5.41, 5.74) is 7.47. The van der Waals surface area contributed by atoms with Crippen LogP contribution in [0.15, 0.2) is 24.3 Å². The number of aryl methyl sites for hydroxylation is 1. The lowest BCUT2D eigenvalue weighted by atomic mass is 10.2. The molecule has 22 heavy (non-hydrogen) atoms. The lowest BCUT2D eigenvalue weighted by molar-refractivity contribution is 0.271. The highest BCUT2D eigenvalue weighted by atomic mass is 16.5. The van der Waals surface area contributed by atoms with Crippen LogP contribution in [0.25, 0.3) is 0 Å². The van der Waals surface area contributed by atoms with E-state index in [1.54, 1.807) is 7.11 Å². The number of nitrogens with two attached hydrogens (primary N) is 1. The molecule has 2 rings (SSSR count). The van der Waals surface area contributed by atoms with Crippen LogP contribution in [0.1, 0.15) is 37.6 Å². The van der Waals surface area contributed by atoms with Crippen LogP contribution in [0, 0.1) is 0 Å². The molecule has 0 unspecified atom stereocenters. The maximum Gasteiger partial charge on any atom is 0.161 e. The van der Waals surface area contributed by atoms with Crippen molar-refractivity contribution in [2.45, 2.75) is 45.9 Å². The molecule has 0 aliphatic heterocycles. The number of methoxy groups -OCH3 is 1. The van der Waals surface area contributed by atoms with Gasteiger partial charge in [0.05, 0.1) is 7.11 Å². The predicted octanol–water partition coefficient (Wildman–Crippen LogP) is 2.51. The molecule has 6 heteroatoms. The second-order valence-corrected chi connectivity index (χ2v) is 5.06. The minimum Gasteiger partial charge on any atom is -0.493 e. The van der Waals surface area contributed by atoms with Gasteiger partial charge in [0.1, 0.15) is 18.0 Å². The Morgan fingerprint density at radius 2 is 1.95 bits per heavy atom. The Labute approximate surface area is 131 Å². The van der Waals surface area contributed by atoms with Gasteiger partial charge in [0.25, 0.3) is 0 Å². The van der Waals surface area contributed by atoms with E-state index in [4.69, 9.17) is 15.2 Å². The van der Waals surface area contributed by atoms with Gasteiger partial charge in [-0.1, -0.05) is 37.1 Å². The Kier molecular flexibility index (Phi) is 6.21. The quantitative estimate of drug-likeness (QED) is 0.720. The molecule has 2 N–H and O–H groups in total. The van der Waals surface area contributed by atoms with E-state index in [0.717, 1.165) is 24.4 Å². The van der Waals surface area contributed by atoms with E-state index in [1.807, 2.05) is 28.9 Å². The van der Waals surface area contributed by atoms with Gasteiger partial charge in [-0.2, -0.15) is 0 Å². The number of benzene rings is 1. The summed E-state index contributed by atoms with van der Waals surface area (Å²) in [6.45, 7) is 3.76. The van der Waals surface area contributed by atoms with Gasteiger partial charge in [0.15, 0.2) is 11.5 Å². The molecule has 0 fully saturated rings. The highest BCUT2D eigenvalue weighted by molar-refractivity contribution is 5.39. The summed E-state index contributed by atoms with van der Waals surface area (Å²) in [6.07, 6.45) is 3.42. The van der Waals surface area contributed by atoms with Crippen LogP contribution in [0.4, 0.5) is 0 Å². The molecule has 6 nitrogen and oxygen atoms in total. The summed E-state index contributed by atoms with van der Waals surface area (Å²) in [5, 5.41) is 8.33. The SMILES string of the molecule is CCCCCn1nnc(CN)c1COc1ccccc1OC. The van der Waals surface area contributed by atoms with Crippen molar-refractivity contribution in [2.24, 2.45) is 5.73 Å². The zero-order chi connectivity index (χ0) is 15.8. The van der Waals surface area contributed by atoms with Gasteiger partial charge < -0.3 is 15.2 Å². The molecular weight excluding hydrogens is 280 g/mol. The maximum atomic E-state index is 5.88. The number of para-hydroxylation sites is 2. The van der Waals surface area contributed by atoms with Crippen molar-refractivity contribution in [3.8, 4) is 11.5 Å². The van der Waals surface area contributed by atoms with Crippen LogP contribution in [0.3, 0.4) is 0 Å². The molecule has 0 aliphatic rings.